The van der Waals surface area contributed by atoms with Gasteiger partial charge < -0.3 is 5.73 Å². The van der Waals surface area contributed by atoms with Gasteiger partial charge in [-0.15, -0.1) is 0 Å². The molecule has 0 fully saturated rings. The van der Waals surface area contributed by atoms with Crippen LogP contribution < -0.4 is 5.73 Å². The molecule has 0 bridgehead atoms. The van der Waals surface area contributed by atoms with Gasteiger partial charge in [-0.1, -0.05) is 13.8 Å². The first kappa shape index (κ1) is 17.6. The predicted octanol–water partition coefficient (Wildman–Crippen LogP) is 2.58. The summed E-state index contributed by atoms with van der Waals surface area (Å²) in [5, 5.41) is 0. The molecule has 0 saturated carbocycles. The summed E-state index contributed by atoms with van der Waals surface area (Å²) in [6.45, 7) is 4.28. The van der Waals surface area contributed by atoms with Crippen molar-refractivity contribution >= 4 is 26.0 Å². The number of nitrogens with two attached hydrogens (primary N) is 1. The maximum absolute atomic E-state index is 13.4. The highest BCUT2D eigenvalue weighted by molar-refractivity contribution is 9.10. The van der Waals surface area contributed by atoms with Gasteiger partial charge in [-0.3, -0.25) is 0 Å². The maximum Gasteiger partial charge on any atom is 0.242 e. The fourth-order valence-electron chi connectivity index (χ4n) is 1.60. The number of hydrogen-bond donors (Lipinski definition) is 1. The van der Waals surface area contributed by atoms with Gasteiger partial charge >= 0.3 is 0 Å². The predicted molar refractivity (Wildman–Crippen MR) is 81.3 cm³/mol. The highest BCUT2D eigenvalue weighted by Crippen LogP contribution is 2.21. The molecule has 1 atom stereocenters. The zero-order valence-corrected chi connectivity index (χ0v) is 14.2. The van der Waals surface area contributed by atoms with E-state index in [1.165, 1.54) is 23.5 Å². The second-order valence-corrected chi connectivity index (χ2v) is 8.00. The fourth-order valence-corrected chi connectivity index (χ4v) is 3.05. The highest BCUT2D eigenvalue weighted by atomic mass is 79.9. The summed E-state index contributed by atoms with van der Waals surface area (Å²) in [6.07, 6.45) is 0.562. The van der Waals surface area contributed by atoms with Crippen LogP contribution in [-0.2, 0) is 10.0 Å². The molecule has 0 aliphatic heterocycles. The molecule has 0 radical (unpaired) electrons. The van der Waals surface area contributed by atoms with Gasteiger partial charge in [-0.25, -0.2) is 17.1 Å². The minimum absolute atomic E-state index is 0.0566. The Kier molecular flexibility index (Phi) is 6.12. The Morgan fingerprint density at radius 1 is 1.40 bits per heavy atom. The van der Waals surface area contributed by atoms with Crippen LogP contribution in [0.1, 0.15) is 20.3 Å². The van der Waals surface area contributed by atoms with Crippen LogP contribution in [0.25, 0.3) is 0 Å². The summed E-state index contributed by atoms with van der Waals surface area (Å²) in [6, 6.07) is 3.71. The molecular formula is C13H20BrFN2O2S. The molecule has 0 spiro atoms. The summed E-state index contributed by atoms with van der Waals surface area (Å²) in [4.78, 5) is -0.0566. The van der Waals surface area contributed by atoms with Crippen molar-refractivity contribution < 1.29 is 12.8 Å². The first-order valence-corrected chi connectivity index (χ1v) is 8.56. The molecule has 1 rings (SSSR count). The Balaban J connectivity index is 2.84. The summed E-state index contributed by atoms with van der Waals surface area (Å²) < 4.78 is 39.4. The number of benzene rings is 1. The minimum Gasteiger partial charge on any atom is -0.327 e. The van der Waals surface area contributed by atoms with Gasteiger partial charge in [0.15, 0.2) is 0 Å². The van der Waals surface area contributed by atoms with Gasteiger partial charge in [-0.2, -0.15) is 0 Å². The molecule has 7 heteroatoms. The largest absolute Gasteiger partial charge is 0.327 e. The van der Waals surface area contributed by atoms with E-state index in [0.717, 1.165) is 6.07 Å². The van der Waals surface area contributed by atoms with Crippen LogP contribution in [-0.4, -0.2) is 32.4 Å². The molecule has 1 aromatic rings. The number of hydrogen-bond acceptors (Lipinski definition) is 3. The summed E-state index contributed by atoms with van der Waals surface area (Å²) in [5.74, 6) is -0.311. The van der Waals surface area contributed by atoms with E-state index >= 15 is 0 Å². The van der Waals surface area contributed by atoms with Crippen LogP contribution in [0.15, 0.2) is 27.6 Å². The van der Waals surface area contributed by atoms with Crippen molar-refractivity contribution in [2.75, 3.05) is 13.6 Å². The number of rotatable bonds is 6. The van der Waals surface area contributed by atoms with Gasteiger partial charge in [0.05, 0.1) is 9.37 Å². The van der Waals surface area contributed by atoms with E-state index < -0.39 is 15.8 Å². The van der Waals surface area contributed by atoms with Crippen LogP contribution in [0.4, 0.5) is 4.39 Å². The third-order valence-corrected chi connectivity index (χ3v) is 5.73. The van der Waals surface area contributed by atoms with Crippen molar-refractivity contribution in [1.29, 1.82) is 0 Å². The molecule has 0 amide bonds. The summed E-state index contributed by atoms with van der Waals surface area (Å²) in [7, 11) is -2.21. The standard InChI is InChI=1S/C13H20BrFN2O2S/c1-9(2)13(16)6-7-17(3)20(18,19)10-4-5-11(14)12(15)8-10/h4-5,8-9,13H,6-7,16H2,1-3H3. The second-order valence-electron chi connectivity index (χ2n) is 5.10. The normalized spacial score (nSPS) is 14.0. The molecule has 0 aliphatic carbocycles. The van der Waals surface area contributed by atoms with E-state index in [1.807, 2.05) is 13.8 Å². The lowest BCUT2D eigenvalue weighted by Gasteiger charge is -2.21. The Labute approximate surface area is 128 Å². The van der Waals surface area contributed by atoms with Crippen molar-refractivity contribution in [3.05, 3.63) is 28.5 Å². The zero-order chi connectivity index (χ0) is 15.5. The van der Waals surface area contributed by atoms with Crippen molar-refractivity contribution in [2.45, 2.75) is 31.2 Å². The third-order valence-electron chi connectivity index (χ3n) is 3.23. The Morgan fingerprint density at radius 2 is 2.00 bits per heavy atom. The molecule has 0 aromatic heterocycles. The average Bonchev–Trinajstić information content (AvgIpc) is 2.38. The van der Waals surface area contributed by atoms with Crippen molar-refractivity contribution in [3.63, 3.8) is 0 Å². The number of nitrogens with zero attached hydrogens (tertiary/aromatic N) is 1. The maximum atomic E-state index is 13.4. The van der Waals surface area contributed by atoms with Crippen LogP contribution in [0.3, 0.4) is 0 Å². The number of sulfonamides is 1. The van der Waals surface area contributed by atoms with Crippen LogP contribution in [0, 0.1) is 11.7 Å². The van der Waals surface area contributed by atoms with E-state index in [0.29, 0.717) is 13.0 Å². The fraction of sp³-hybridized carbons (Fsp3) is 0.538. The molecule has 0 heterocycles. The van der Waals surface area contributed by atoms with Gasteiger partial charge in [-0.05, 0) is 46.5 Å². The quantitative estimate of drug-likeness (QED) is 0.841. The molecule has 1 unspecified atom stereocenters. The third kappa shape index (κ3) is 4.25. The van der Waals surface area contributed by atoms with Crippen LogP contribution in [0.2, 0.25) is 0 Å². The average molecular weight is 367 g/mol. The van der Waals surface area contributed by atoms with Gasteiger partial charge in [0.1, 0.15) is 5.82 Å². The highest BCUT2D eigenvalue weighted by Gasteiger charge is 2.22. The van der Waals surface area contributed by atoms with Crippen molar-refractivity contribution in [1.82, 2.24) is 4.31 Å². The van der Waals surface area contributed by atoms with E-state index in [1.54, 1.807) is 0 Å². The molecule has 0 aliphatic rings. The molecule has 114 valence electrons. The zero-order valence-electron chi connectivity index (χ0n) is 11.8. The molecule has 4 nitrogen and oxygen atoms in total. The number of halogens is 2. The van der Waals surface area contributed by atoms with E-state index in [-0.39, 0.29) is 21.3 Å². The van der Waals surface area contributed by atoms with E-state index in [9.17, 15) is 12.8 Å². The molecule has 2 N–H and O–H groups in total. The van der Waals surface area contributed by atoms with E-state index in [2.05, 4.69) is 15.9 Å². The molecule has 1 aromatic carbocycles. The summed E-state index contributed by atoms with van der Waals surface area (Å²) in [5.41, 5.74) is 5.90. The van der Waals surface area contributed by atoms with Crippen molar-refractivity contribution in [3.8, 4) is 0 Å². The SMILES string of the molecule is CC(C)C(N)CCN(C)S(=O)(=O)c1ccc(Br)c(F)c1. The lowest BCUT2D eigenvalue weighted by atomic mass is 10.0. The van der Waals surface area contributed by atoms with Crippen molar-refractivity contribution in [2.24, 2.45) is 11.7 Å². The van der Waals surface area contributed by atoms with Gasteiger partial charge in [0, 0.05) is 19.6 Å². The molecule has 0 saturated heterocycles. The molecule has 20 heavy (non-hydrogen) atoms. The van der Waals surface area contributed by atoms with Crippen LogP contribution in [0.5, 0.6) is 0 Å². The van der Waals surface area contributed by atoms with Gasteiger partial charge in [0.2, 0.25) is 10.0 Å². The Morgan fingerprint density at radius 3 is 2.50 bits per heavy atom. The smallest absolute Gasteiger partial charge is 0.242 e. The van der Waals surface area contributed by atoms with E-state index in [4.69, 9.17) is 5.73 Å². The van der Waals surface area contributed by atoms with Crippen LogP contribution >= 0.6 is 15.9 Å². The monoisotopic (exact) mass is 366 g/mol. The minimum atomic E-state index is -3.68. The lowest BCUT2D eigenvalue weighted by Crippen LogP contribution is -2.34. The second kappa shape index (κ2) is 6.98. The summed E-state index contributed by atoms with van der Waals surface area (Å²) >= 11 is 3.00. The topological polar surface area (TPSA) is 63.4 Å². The molecular weight excluding hydrogens is 347 g/mol. The Bertz CT molecular complexity index is 563. The first-order valence-electron chi connectivity index (χ1n) is 6.33. The van der Waals surface area contributed by atoms with Gasteiger partial charge in [0.25, 0.3) is 0 Å². The Hall–Kier alpha value is -0.500. The first-order chi connectivity index (χ1) is 9.16. The lowest BCUT2D eigenvalue weighted by molar-refractivity contribution is 0.397.